The molecule has 0 saturated carbocycles. The molecule has 1 rings (SSSR count). The first-order valence-corrected chi connectivity index (χ1v) is 7.13. The third-order valence-electron chi connectivity index (χ3n) is 2.49. The molecule has 0 unspecified atom stereocenters. The molecule has 0 aromatic heterocycles. The summed E-state index contributed by atoms with van der Waals surface area (Å²) in [6.45, 7) is 0.297. The van der Waals surface area contributed by atoms with Crippen LogP contribution >= 0.6 is 11.8 Å². The number of hydrogen-bond acceptors (Lipinski definition) is 3. The third kappa shape index (κ3) is 4.58. The first kappa shape index (κ1) is 15.5. The second kappa shape index (κ2) is 7.82. The summed E-state index contributed by atoms with van der Waals surface area (Å²) >= 11 is 1.63. The number of amides is 1. The van der Waals surface area contributed by atoms with Crippen molar-refractivity contribution in [3.05, 3.63) is 35.1 Å². The second-order valence-electron chi connectivity index (χ2n) is 3.87. The first-order valence-electron chi connectivity index (χ1n) is 5.73. The zero-order valence-electron chi connectivity index (χ0n) is 10.9. The average molecular weight is 281 g/mol. The summed E-state index contributed by atoms with van der Waals surface area (Å²) in [5.74, 6) is 4.91. The van der Waals surface area contributed by atoms with Crippen molar-refractivity contribution in [2.24, 2.45) is 0 Å². The van der Waals surface area contributed by atoms with Crippen LogP contribution in [0.3, 0.4) is 0 Å². The molecule has 1 amide bonds. The predicted octanol–water partition coefficient (Wildman–Crippen LogP) is 1.60. The average Bonchev–Trinajstić information content (AvgIpc) is 2.41. The molecular formula is C14H16FNO2S. The highest BCUT2D eigenvalue weighted by molar-refractivity contribution is 7.98. The molecule has 0 spiro atoms. The maximum absolute atomic E-state index is 13.8. The van der Waals surface area contributed by atoms with Crippen LogP contribution in [0.15, 0.2) is 18.2 Å². The Kier molecular flexibility index (Phi) is 6.40. The molecule has 0 aliphatic rings. The van der Waals surface area contributed by atoms with Crippen LogP contribution in [0.5, 0.6) is 0 Å². The van der Waals surface area contributed by atoms with Gasteiger partial charge in [0.25, 0.3) is 5.91 Å². The Morgan fingerprint density at radius 2 is 2.26 bits per heavy atom. The molecule has 1 N–H and O–H groups in total. The van der Waals surface area contributed by atoms with Gasteiger partial charge in [0.05, 0.1) is 5.56 Å². The fourth-order valence-electron chi connectivity index (χ4n) is 1.44. The number of nitrogens with zero attached hydrogens (tertiary/aromatic N) is 1. The predicted molar refractivity (Wildman–Crippen MR) is 75.7 cm³/mol. The summed E-state index contributed by atoms with van der Waals surface area (Å²) in [7, 11) is 1.65. The van der Waals surface area contributed by atoms with Crippen LogP contribution in [-0.2, 0) is 0 Å². The summed E-state index contributed by atoms with van der Waals surface area (Å²) in [4.78, 5) is 13.5. The van der Waals surface area contributed by atoms with Gasteiger partial charge in [-0.15, -0.1) is 0 Å². The van der Waals surface area contributed by atoms with Crippen LogP contribution < -0.4 is 0 Å². The minimum absolute atomic E-state index is 0.0400. The van der Waals surface area contributed by atoms with E-state index in [4.69, 9.17) is 5.11 Å². The van der Waals surface area contributed by atoms with Gasteiger partial charge in [-0.1, -0.05) is 11.8 Å². The van der Waals surface area contributed by atoms with E-state index in [2.05, 4.69) is 11.8 Å². The molecule has 5 heteroatoms. The van der Waals surface area contributed by atoms with Gasteiger partial charge in [0, 0.05) is 24.9 Å². The van der Waals surface area contributed by atoms with Gasteiger partial charge in [-0.2, -0.15) is 11.8 Å². The maximum Gasteiger partial charge on any atom is 0.256 e. The van der Waals surface area contributed by atoms with Crippen LogP contribution in [-0.4, -0.2) is 48.1 Å². The van der Waals surface area contributed by atoms with E-state index in [0.717, 1.165) is 5.75 Å². The van der Waals surface area contributed by atoms with Crippen molar-refractivity contribution in [2.75, 3.05) is 32.2 Å². The van der Waals surface area contributed by atoms with Gasteiger partial charge in [-0.25, -0.2) is 4.39 Å². The highest BCUT2D eigenvalue weighted by Crippen LogP contribution is 2.12. The minimum Gasteiger partial charge on any atom is -0.384 e. The van der Waals surface area contributed by atoms with Crippen LogP contribution in [0.2, 0.25) is 0 Å². The molecule has 1 aromatic rings. The Morgan fingerprint density at radius 1 is 1.53 bits per heavy atom. The number of aliphatic hydroxyl groups is 1. The van der Waals surface area contributed by atoms with Crippen molar-refractivity contribution in [1.82, 2.24) is 4.90 Å². The Morgan fingerprint density at radius 3 is 2.84 bits per heavy atom. The normalized spacial score (nSPS) is 9.68. The summed E-state index contributed by atoms with van der Waals surface area (Å²) < 4.78 is 13.8. The van der Waals surface area contributed by atoms with E-state index in [9.17, 15) is 9.18 Å². The largest absolute Gasteiger partial charge is 0.384 e. The van der Waals surface area contributed by atoms with Gasteiger partial charge in [-0.3, -0.25) is 4.79 Å². The van der Waals surface area contributed by atoms with E-state index in [1.807, 2.05) is 6.26 Å². The smallest absolute Gasteiger partial charge is 0.256 e. The van der Waals surface area contributed by atoms with Gasteiger partial charge in [0.1, 0.15) is 12.4 Å². The molecule has 0 aliphatic carbocycles. The highest BCUT2D eigenvalue weighted by Gasteiger charge is 2.15. The summed E-state index contributed by atoms with van der Waals surface area (Å²) in [6.07, 6.45) is 1.95. The summed E-state index contributed by atoms with van der Waals surface area (Å²) in [5, 5.41) is 8.56. The standard InChI is InChI=1S/C14H16FNO2S/c1-16(7-9-19-2)14(18)12-6-5-11(4-3-8-17)10-13(12)15/h5-6,10,17H,7-9H2,1-2H3. The van der Waals surface area contributed by atoms with Gasteiger partial charge in [-0.05, 0) is 24.5 Å². The van der Waals surface area contributed by atoms with Crippen LogP contribution in [0.1, 0.15) is 15.9 Å². The number of carbonyl (C=O) groups excluding carboxylic acids is 1. The fraction of sp³-hybridized carbons (Fsp3) is 0.357. The van der Waals surface area contributed by atoms with E-state index in [1.165, 1.54) is 17.0 Å². The molecule has 0 saturated heterocycles. The number of thioether (sulfide) groups is 1. The maximum atomic E-state index is 13.8. The molecule has 0 radical (unpaired) electrons. The molecule has 102 valence electrons. The van der Waals surface area contributed by atoms with Crippen LogP contribution in [0.4, 0.5) is 4.39 Å². The Labute approximate surface area is 116 Å². The number of hydrogen-bond donors (Lipinski definition) is 1. The van der Waals surface area contributed by atoms with Crippen molar-refractivity contribution in [3.8, 4) is 11.8 Å². The number of rotatable bonds is 4. The molecule has 0 bridgehead atoms. The lowest BCUT2D eigenvalue weighted by Crippen LogP contribution is -2.29. The molecule has 3 nitrogen and oxygen atoms in total. The lowest BCUT2D eigenvalue weighted by Gasteiger charge is -2.16. The van der Waals surface area contributed by atoms with Crippen molar-refractivity contribution >= 4 is 17.7 Å². The van der Waals surface area contributed by atoms with Crippen LogP contribution in [0.25, 0.3) is 0 Å². The van der Waals surface area contributed by atoms with E-state index >= 15 is 0 Å². The number of aliphatic hydroxyl groups excluding tert-OH is 1. The van der Waals surface area contributed by atoms with E-state index in [-0.39, 0.29) is 18.1 Å². The number of benzene rings is 1. The zero-order chi connectivity index (χ0) is 14.3. The van der Waals surface area contributed by atoms with Crippen molar-refractivity contribution in [3.63, 3.8) is 0 Å². The van der Waals surface area contributed by atoms with E-state index < -0.39 is 5.82 Å². The van der Waals surface area contributed by atoms with Gasteiger partial charge < -0.3 is 10.0 Å². The topological polar surface area (TPSA) is 40.5 Å². The minimum atomic E-state index is -0.592. The third-order valence-corrected chi connectivity index (χ3v) is 3.08. The van der Waals surface area contributed by atoms with Crippen LogP contribution in [0, 0.1) is 17.7 Å². The quantitative estimate of drug-likeness (QED) is 0.852. The first-order chi connectivity index (χ1) is 9.10. The molecule has 19 heavy (non-hydrogen) atoms. The fourth-order valence-corrected chi connectivity index (χ4v) is 1.90. The number of halogens is 1. The second-order valence-corrected chi connectivity index (χ2v) is 4.86. The Hall–Kier alpha value is -1.51. The Bertz CT molecular complexity index is 508. The van der Waals surface area contributed by atoms with Gasteiger partial charge in [0.2, 0.25) is 0 Å². The van der Waals surface area contributed by atoms with Gasteiger partial charge >= 0.3 is 0 Å². The lowest BCUT2D eigenvalue weighted by molar-refractivity contribution is 0.0799. The number of carbonyl (C=O) groups is 1. The zero-order valence-corrected chi connectivity index (χ0v) is 11.8. The highest BCUT2D eigenvalue weighted by atomic mass is 32.2. The SMILES string of the molecule is CSCCN(C)C(=O)c1ccc(C#CCO)cc1F. The monoisotopic (exact) mass is 281 g/mol. The summed E-state index contributed by atoms with van der Waals surface area (Å²) in [5.41, 5.74) is 0.480. The van der Waals surface area contributed by atoms with Crippen molar-refractivity contribution in [1.29, 1.82) is 0 Å². The van der Waals surface area contributed by atoms with Gasteiger partial charge in [0.15, 0.2) is 0 Å². The molecule has 0 aliphatic heterocycles. The molecule has 0 atom stereocenters. The molecule has 1 aromatic carbocycles. The van der Waals surface area contributed by atoms with Crippen molar-refractivity contribution < 1.29 is 14.3 Å². The molecular weight excluding hydrogens is 265 g/mol. The van der Waals surface area contributed by atoms with E-state index in [1.54, 1.807) is 24.9 Å². The summed E-state index contributed by atoms with van der Waals surface area (Å²) in [6, 6.07) is 4.20. The lowest BCUT2D eigenvalue weighted by atomic mass is 10.1. The Balaban J connectivity index is 2.87. The molecule has 0 heterocycles. The van der Waals surface area contributed by atoms with Crippen molar-refractivity contribution in [2.45, 2.75) is 0 Å². The molecule has 0 fully saturated rings. The van der Waals surface area contributed by atoms with E-state index in [0.29, 0.717) is 12.1 Å².